The van der Waals surface area contributed by atoms with Gasteiger partial charge in [-0.15, -0.1) is 0 Å². The number of carbonyl (C=O) groups excluding carboxylic acids is 1. The number of aromatic nitrogens is 3. The van der Waals surface area contributed by atoms with Gasteiger partial charge in [0.05, 0.1) is 12.0 Å². The average molecular weight is 255 g/mol. The standard InChI is InChI=1S/C13H9N3O3/c17-12(11-7-4-8-19-11)15-9-14-16(13(15)18)10-5-2-1-3-6-10/h1-9H. The predicted molar refractivity (Wildman–Crippen MR) is 66.3 cm³/mol. The van der Waals surface area contributed by atoms with Gasteiger partial charge in [-0.25, -0.2) is 9.36 Å². The molecule has 0 saturated heterocycles. The Morgan fingerprint density at radius 3 is 2.58 bits per heavy atom. The van der Waals surface area contributed by atoms with Crippen molar-refractivity contribution in [1.82, 2.24) is 14.3 Å². The molecule has 0 unspecified atom stereocenters. The fourth-order valence-corrected chi connectivity index (χ4v) is 1.71. The fraction of sp³-hybridized carbons (Fsp3) is 0. The van der Waals surface area contributed by atoms with E-state index in [1.165, 1.54) is 18.7 Å². The van der Waals surface area contributed by atoms with Crippen molar-refractivity contribution in [2.24, 2.45) is 0 Å². The molecule has 0 fully saturated rings. The van der Waals surface area contributed by atoms with Crippen molar-refractivity contribution in [1.29, 1.82) is 0 Å². The van der Waals surface area contributed by atoms with E-state index < -0.39 is 11.6 Å². The maximum atomic E-state index is 12.1. The highest BCUT2D eigenvalue weighted by atomic mass is 16.3. The van der Waals surface area contributed by atoms with Crippen LogP contribution in [0.4, 0.5) is 0 Å². The number of nitrogens with zero attached hydrogens (tertiary/aromatic N) is 3. The molecule has 3 rings (SSSR count). The zero-order chi connectivity index (χ0) is 13.2. The van der Waals surface area contributed by atoms with Gasteiger partial charge in [-0.3, -0.25) is 4.79 Å². The van der Waals surface area contributed by atoms with Gasteiger partial charge >= 0.3 is 11.6 Å². The second-order valence-electron chi connectivity index (χ2n) is 3.81. The minimum Gasteiger partial charge on any atom is -0.459 e. The van der Waals surface area contributed by atoms with Crippen molar-refractivity contribution < 1.29 is 9.21 Å². The Balaban J connectivity index is 2.05. The van der Waals surface area contributed by atoms with Crippen LogP contribution in [0.1, 0.15) is 10.6 Å². The SMILES string of the molecule is O=C(c1ccco1)n1cnn(-c2ccccc2)c1=O. The van der Waals surface area contributed by atoms with Crippen molar-refractivity contribution in [2.45, 2.75) is 0 Å². The molecule has 0 atom stereocenters. The Hall–Kier alpha value is -2.89. The Labute approximate surface area is 107 Å². The van der Waals surface area contributed by atoms with Crippen LogP contribution in [0.5, 0.6) is 0 Å². The lowest BCUT2D eigenvalue weighted by atomic mass is 10.3. The molecule has 0 aliphatic heterocycles. The number of furan rings is 1. The van der Waals surface area contributed by atoms with Gasteiger partial charge in [0.15, 0.2) is 5.76 Å². The first-order chi connectivity index (χ1) is 9.27. The molecule has 0 spiro atoms. The Bertz CT molecular complexity index is 754. The summed E-state index contributed by atoms with van der Waals surface area (Å²) in [7, 11) is 0. The minimum absolute atomic E-state index is 0.0923. The third kappa shape index (κ3) is 1.89. The van der Waals surface area contributed by atoms with E-state index in [2.05, 4.69) is 5.10 Å². The van der Waals surface area contributed by atoms with Gasteiger partial charge in [0, 0.05) is 0 Å². The maximum absolute atomic E-state index is 12.1. The molecule has 2 aromatic heterocycles. The zero-order valence-corrected chi connectivity index (χ0v) is 9.76. The third-order valence-corrected chi connectivity index (χ3v) is 2.62. The van der Waals surface area contributed by atoms with Crippen LogP contribution in [0.15, 0.2) is 64.3 Å². The Morgan fingerprint density at radius 1 is 1.11 bits per heavy atom. The highest BCUT2D eigenvalue weighted by Crippen LogP contribution is 2.04. The van der Waals surface area contributed by atoms with E-state index in [0.29, 0.717) is 5.69 Å². The molecule has 94 valence electrons. The van der Waals surface area contributed by atoms with Crippen LogP contribution in [0.25, 0.3) is 5.69 Å². The first-order valence-corrected chi connectivity index (χ1v) is 5.57. The lowest BCUT2D eigenvalue weighted by Crippen LogP contribution is -2.28. The number of hydrogen-bond acceptors (Lipinski definition) is 4. The summed E-state index contributed by atoms with van der Waals surface area (Å²) in [5, 5.41) is 3.92. The molecule has 0 N–H and O–H groups in total. The Kier molecular flexibility index (Phi) is 2.60. The van der Waals surface area contributed by atoms with Gasteiger partial charge < -0.3 is 4.42 Å². The fourth-order valence-electron chi connectivity index (χ4n) is 1.71. The molecule has 0 bridgehead atoms. The summed E-state index contributed by atoms with van der Waals surface area (Å²) in [6.45, 7) is 0. The second kappa shape index (κ2) is 4.41. The minimum atomic E-state index is -0.544. The van der Waals surface area contributed by atoms with Gasteiger partial charge in [-0.2, -0.15) is 9.78 Å². The molecule has 0 saturated carbocycles. The van der Waals surface area contributed by atoms with E-state index in [-0.39, 0.29) is 5.76 Å². The summed E-state index contributed by atoms with van der Waals surface area (Å²) in [6, 6.07) is 11.9. The van der Waals surface area contributed by atoms with Gasteiger partial charge in [-0.1, -0.05) is 18.2 Å². The molecule has 0 aliphatic rings. The van der Waals surface area contributed by atoms with E-state index >= 15 is 0 Å². The summed E-state index contributed by atoms with van der Waals surface area (Å²) in [6.07, 6.45) is 2.56. The predicted octanol–water partition coefficient (Wildman–Crippen LogP) is 1.32. The van der Waals surface area contributed by atoms with E-state index in [0.717, 1.165) is 9.25 Å². The van der Waals surface area contributed by atoms with Crippen LogP contribution in [0.2, 0.25) is 0 Å². The van der Waals surface area contributed by atoms with Gasteiger partial charge in [0.2, 0.25) is 0 Å². The molecule has 6 heteroatoms. The van der Waals surface area contributed by atoms with Crippen LogP contribution < -0.4 is 5.69 Å². The molecular weight excluding hydrogens is 246 g/mol. The molecule has 6 nitrogen and oxygen atoms in total. The smallest absolute Gasteiger partial charge is 0.357 e. The molecule has 2 heterocycles. The van der Waals surface area contributed by atoms with Crippen LogP contribution in [-0.2, 0) is 0 Å². The monoisotopic (exact) mass is 255 g/mol. The highest BCUT2D eigenvalue weighted by Gasteiger charge is 2.16. The maximum Gasteiger partial charge on any atom is 0.357 e. The summed E-state index contributed by atoms with van der Waals surface area (Å²) in [5.74, 6) is -0.452. The highest BCUT2D eigenvalue weighted by molar-refractivity contribution is 5.92. The quantitative estimate of drug-likeness (QED) is 0.692. The first kappa shape index (κ1) is 11.2. The molecular formula is C13H9N3O3. The third-order valence-electron chi connectivity index (χ3n) is 2.62. The van der Waals surface area contributed by atoms with Crippen molar-refractivity contribution in [2.75, 3.05) is 0 Å². The van der Waals surface area contributed by atoms with E-state index in [1.807, 2.05) is 6.07 Å². The van der Waals surface area contributed by atoms with E-state index in [1.54, 1.807) is 30.3 Å². The van der Waals surface area contributed by atoms with Gasteiger partial charge in [-0.05, 0) is 24.3 Å². The average Bonchev–Trinajstić information content (AvgIpc) is 3.08. The number of rotatable bonds is 2. The van der Waals surface area contributed by atoms with Crippen molar-refractivity contribution >= 4 is 5.91 Å². The lowest BCUT2D eigenvalue weighted by molar-refractivity contribution is 0.0928. The molecule has 0 radical (unpaired) electrons. The van der Waals surface area contributed by atoms with E-state index in [9.17, 15) is 9.59 Å². The number of carbonyl (C=O) groups is 1. The van der Waals surface area contributed by atoms with Gasteiger partial charge in [0.1, 0.15) is 6.33 Å². The molecule has 1 aromatic carbocycles. The van der Waals surface area contributed by atoms with E-state index in [4.69, 9.17) is 4.42 Å². The van der Waals surface area contributed by atoms with Crippen LogP contribution in [-0.4, -0.2) is 20.3 Å². The molecule has 3 aromatic rings. The van der Waals surface area contributed by atoms with Gasteiger partial charge in [0.25, 0.3) is 0 Å². The summed E-state index contributed by atoms with van der Waals surface area (Å²) < 4.78 is 7.04. The Morgan fingerprint density at radius 2 is 1.89 bits per heavy atom. The van der Waals surface area contributed by atoms with Crippen LogP contribution >= 0.6 is 0 Å². The van der Waals surface area contributed by atoms with Crippen molar-refractivity contribution in [3.05, 3.63) is 71.3 Å². The normalized spacial score (nSPS) is 10.5. The molecule has 0 aliphatic carbocycles. The summed E-state index contributed by atoms with van der Waals surface area (Å²) >= 11 is 0. The summed E-state index contributed by atoms with van der Waals surface area (Å²) in [4.78, 5) is 24.1. The van der Waals surface area contributed by atoms with Crippen LogP contribution in [0.3, 0.4) is 0 Å². The molecule has 19 heavy (non-hydrogen) atoms. The lowest BCUT2D eigenvalue weighted by Gasteiger charge is -1.97. The largest absolute Gasteiger partial charge is 0.459 e. The van der Waals surface area contributed by atoms with Crippen molar-refractivity contribution in [3.63, 3.8) is 0 Å². The topological polar surface area (TPSA) is 70.0 Å². The van der Waals surface area contributed by atoms with Crippen molar-refractivity contribution in [3.8, 4) is 5.69 Å². The number of benzene rings is 1. The summed E-state index contributed by atoms with van der Waals surface area (Å²) in [5.41, 5.74) is 0.0612. The van der Waals surface area contributed by atoms with Crippen LogP contribution in [0, 0.1) is 0 Å². The second-order valence-corrected chi connectivity index (χ2v) is 3.81. The first-order valence-electron chi connectivity index (χ1n) is 5.57. The zero-order valence-electron chi connectivity index (χ0n) is 9.76. The number of para-hydroxylation sites is 1. The molecule has 0 amide bonds. The number of hydrogen-bond donors (Lipinski definition) is 0.